The highest BCUT2D eigenvalue weighted by Gasteiger charge is 2.16. The molecule has 2 aromatic rings. The molecular weight excluding hydrogens is 327 g/mol. The Morgan fingerprint density at radius 3 is 2.90 bits per heavy atom. The van der Waals surface area contributed by atoms with Crippen LogP contribution < -0.4 is 0 Å². The lowest BCUT2D eigenvalue weighted by molar-refractivity contribution is -0.0489. The number of aryl methyl sites for hydroxylation is 1. The van der Waals surface area contributed by atoms with Crippen molar-refractivity contribution in [3.05, 3.63) is 40.9 Å². The number of ether oxygens (including phenoxy) is 2. The lowest BCUT2D eigenvalue weighted by atomic mass is 10.2. The lowest BCUT2D eigenvalue weighted by Gasteiger charge is -2.12. The molecule has 1 fully saturated rings. The molecule has 0 bridgehead atoms. The van der Waals surface area contributed by atoms with Gasteiger partial charge in [0, 0.05) is 30.9 Å². The Morgan fingerprint density at radius 1 is 1.35 bits per heavy atom. The fourth-order valence-corrected chi connectivity index (χ4v) is 2.58. The van der Waals surface area contributed by atoms with Crippen molar-refractivity contribution in [3.8, 4) is 11.4 Å². The highest BCUT2D eigenvalue weighted by molar-refractivity contribution is 9.10. The van der Waals surface area contributed by atoms with Crippen LogP contribution in [0.5, 0.6) is 0 Å². The summed E-state index contributed by atoms with van der Waals surface area (Å²) in [7, 11) is 0. The van der Waals surface area contributed by atoms with Crippen molar-refractivity contribution >= 4 is 15.9 Å². The molecule has 3 rings (SSSR count). The van der Waals surface area contributed by atoms with E-state index < -0.39 is 0 Å². The quantitative estimate of drug-likeness (QED) is 0.857. The van der Waals surface area contributed by atoms with E-state index in [2.05, 4.69) is 20.9 Å². The molecule has 1 aromatic heterocycles. The molecule has 20 heavy (non-hydrogen) atoms. The van der Waals surface area contributed by atoms with Gasteiger partial charge in [-0.2, -0.15) is 0 Å². The first-order valence-electron chi connectivity index (χ1n) is 6.44. The Morgan fingerprint density at radius 2 is 2.15 bits per heavy atom. The van der Waals surface area contributed by atoms with Crippen molar-refractivity contribution in [2.75, 3.05) is 13.2 Å². The second-order valence-corrected chi connectivity index (χ2v) is 5.39. The van der Waals surface area contributed by atoms with Crippen molar-refractivity contribution in [3.63, 3.8) is 0 Å². The first kappa shape index (κ1) is 13.7. The molecule has 0 N–H and O–H groups in total. The van der Waals surface area contributed by atoms with Gasteiger partial charge in [0.05, 0.1) is 17.7 Å². The number of benzene rings is 1. The molecule has 1 aromatic carbocycles. The number of halogens is 2. The monoisotopic (exact) mass is 340 g/mol. The number of hydrogen-bond donors (Lipinski definition) is 0. The maximum Gasteiger partial charge on any atom is 0.159 e. The van der Waals surface area contributed by atoms with Gasteiger partial charge >= 0.3 is 0 Å². The zero-order valence-corrected chi connectivity index (χ0v) is 12.3. The van der Waals surface area contributed by atoms with E-state index in [0.29, 0.717) is 17.7 Å². The predicted octanol–water partition coefficient (Wildman–Crippen LogP) is 3.21. The smallest absolute Gasteiger partial charge is 0.159 e. The largest absolute Gasteiger partial charge is 0.350 e. The zero-order valence-electron chi connectivity index (χ0n) is 10.8. The highest BCUT2D eigenvalue weighted by atomic mass is 79.9. The standard InChI is InChI=1S/C14H14BrFN2O2/c15-11-9-10(1-2-12(11)16)14-17-4-6-18(14)5-3-13-19-7-8-20-13/h1-2,4,6,9,13H,3,5,7-8H2. The molecule has 0 spiro atoms. The normalized spacial score (nSPS) is 15.9. The molecule has 4 nitrogen and oxygen atoms in total. The summed E-state index contributed by atoms with van der Waals surface area (Å²) in [6.45, 7) is 2.06. The molecule has 0 radical (unpaired) electrons. The van der Waals surface area contributed by atoms with E-state index in [1.54, 1.807) is 18.3 Å². The van der Waals surface area contributed by atoms with Gasteiger partial charge in [0.15, 0.2) is 6.29 Å². The van der Waals surface area contributed by atoms with Crippen LogP contribution in [0.15, 0.2) is 35.1 Å². The Kier molecular flexibility index (Phi) is 4.14. The average molecular weight is 341 g/mol. The number of aromatic nitrogens is 2. The number of rotatable bonds is 4. The summed E-state index contributed by atoms with van der Waals surface area (Å²) in [6.07, 6.45) is 4.28. The fourth-order valence-electron chi connectivity index (χ4n) is 2.20. The molecule has 6 heteroatoms. The summed E-state index contributed by atoms with van der Waals surface area (Å²) in [5.74, 6) is 0.531. The van der Waals surface area contributed by atoms with Crippen LogP contribution in [0.2, 0.25) is 0 Å². The second kappa shape index (κ2) is 6.03. The van der Waals surface area contributed by atoms with Gasteiger partial charge in [0.2, 0.25) is 0 Å². The van der Waals surface area contributed by atoms with Gasteiger partial charge in [-0.25, -0.2) is 9.37 Å². The van der Waals surface area contributed by atoms with Crippen LogP contribution in [0.25, 0.3) is 11.4 Å². The fraction of sp³-hybridized carbons (Fsp3) is 0.357. The van der Waals surface area contributed by atoms with Crippen molar-refractivity contribution in [2.45, 2.75) is 19.3 Å². The zero-order chi connectivity index (χ0) is 13.9. The molecular formula is C14H14BrFN2O2. The molecule has 0 aliphatic carbocycles. The van der Waals surface area contributed by atoms with E-state index in [1.807, 2.05) is 10.8 Å². The third-order valence-corrected chi connectivity index (χ3v) is 3.80. The topological polar surface area (TPSA) is 36.3 Å². The van der Waals surface area contributed by atoms with Crippen LogP contribution in [-0.2, 0) is 16.0 Å². The summed E-state index contributed by atoms with van der Waals surface area (Å²) >= 11 is 3.20. The molecule has 0 atom stereocenters. The van der Waals surface area contributed by atoms with Crippen LogP contribution in [0.4, 0.5) is 4.39 Å². The van der Waals surface area contributed by atoms with Crippen molar-refractivity contribution in [2.24, 2.45) is 0 Å². The lowest BCUT2D eigenvalue weighted by Crippen LogP contribution is -2.12. The van der Waals surface area contributed by atoms with E-state index in [1.165, 1.54) is 6.07 Å². The SMILES string of the molecule is Fc1ccc(-c2nccn2CCC2OCCO2)cc1Br. The third-order valence-electron chi connectivity index (χ3n) is 3.19. The van der Waals surface area contributed by atoms with E-state index in [0.717, 1.165) is 24.4 Å². The predicted molar refractivity (Wildman–Crippen MR) is 75.6 cm³/mol. The third kappa shape index (κ3) is 2.92. The molecule has 106 valence electrons. The molecule has 2 heterocycles. The Bertz CT molecular complexity index is 597. The average Bonchev–Trinajstić information content (AvgIpc) is 3.10. The van der Waals surface area contributed by atoms with Gasteiger partial charge in [-0.3, -0.25) is 0 Å². The molecule has 0 saturated carbocycles. The van der Waals surface area contributed by atoms with E-state index in [4.69, 9.17) is 9.47 Å². The van der Waals surface area contributed by atoms with Crippen LogP contribution in [0.1, 0.15) is 6.42 Å². The second-order valence-electron chi connectivity index (χ2n) is 4.53. The summed E-state index contributed by atoms with van der Waals surface area (Å²) in [5.41, 5.74) is 0.872. The molecule has 1 aliphatic rings. The van der Waals surface area contributed by atoms with Gasteiger partial charge in [-0.1, -0.05) is 0 Å². The molecule has 1 aliphatic heterocycles. The highest BCUT2D eigenvalue weighted by Crippen LogP contribution is 2.24. The van der Waals surface area contributed by atoms with E-state index in [-0.39, 0.29) is 12.1 Å². The van der Waals surface area contributed by atoms with Gasteiger partial charge in [0.25, 0.3) is 0 Å². The minimum atomic E-state index is -0.278. The molecule has 0 amide bonds. The van der Waals surface area contributed by atoms with Crippen LogP contribution in [0.3, 0.4) is 0 Å². The molecule has 1 saturated heterocycles. The Balaban J connectivity index is 1.76. The number of hydrogen-bond acceptors (Lipinski definition) is 3. The van der Waals surface area contributed by atoms with Crippen molar-refractivity contribution in [1.29, 1.82) is 0 Å². The minimum absolute atomic E-state index is 0.134. The Labute approximate surface area is 124 Å². The first-order chi connectivity index (χ1) is 9.74. The number of imidazole rings is 1. The summed E-state index contributed by atoms with van der Waals surface area (Å²) in [6, 6.07) is 4.89. The van der Waals surface area contributed by atoms with Crippen LogP contribution in [0, 0.1) is 5.82 Å². The van der Waals surface area contributed by atoms with Gasteiger partial charge in [-0.05, 0) is 34.1 Å². The van der Waals surface area contributed by atoms with Gasteiger partial charge < -0.3 is 14.0 Å². The molecule has 0 unspecified atom stereocenters. The van der Waals surface area contributed by atoms with Crippen LogP contribution in [-0.4, -0.2) is 29.1 Å². The summed E-state index contributed by atoms with van der Waals surface area (Å²) < 4.78 is 26.6. The number of nitrogens with zero attached hydrogens (tertiary/aromatic N) is 2. The van der Waals surface area contributed by atoms with Crippen LogP contribution >= 0.6 is 15.9 Å². The summed E-state index contributed by atoms with van der Waals surface area (Å²) in [4.78, 5) is 4.34. The van der Waals surface area contributed by atoms with E-state index in [9.17, 15) is 4.39 Å². The van der Waals surface area contributed by atoms with Gasteiger partial charge in [0.1, 0.15) is 11.6 Å². The minimum Gasteiger partial charge on any atom is -0.350 e. The van der Waals surface area contributed by atoms with Gasteiger partial charge in [-0.15, -0.1) is 0 Å². The van der Waals surface area contributed by atoms with Crippen molar-refractivity contribution in [1.82, 2.24) is 9.55 Å². The summed E-state index contributed by atoms with van der Waals surface area (Å²) in [5, 5.41) is 0. The van der Waals surface area contributed by atoms with Crippen molar-refractivity contribution < 1.29 is 13.9 Å². The maximum atomic E-state index is 13.3. The van der Waals surface area contributed by atoms with E-state index >= 15 is 0 Å². The maximum absolute atomic E-state index is 13.3. The Hall–Kier alpha value is -1.24. The first-order valence-corrected chi connectivity index (χ1v) is 7.23.